The molecular weight excluding hydrogens is 338 g/mol. The van der Waals surface area contributed by atoms with Gasteiger partial charge in [0.15, 0.2) is 6.10 Å². The fourth-order valence-corrected chi connectivity index (χ4v) is 3.08. The molecule has 0 bridgehead atoms. The van der Waals surface area contributed by atoms with Crippen LogP contribution in [0.1, 0.15) is 55.0 Å². The predicted molar refractivity (Wildman–Crippen MR) is 110 cm³/mol. The maximum absolute atomic E-state index is 12.8. The van der Waals surface area contributed by atoms with Gasteiger partial charge in [-0.3, -0.25) is 4.79 Å². The molecule has 2 atom stereocenters. The number of hydrogen-bond donors (Lipinski definition) is 1. The van der Waals surface area contributed by atoms with Gasteiger partial charge in [-0.1, -0.05) is 32.0 Å². The lowest BCUT2D eigenvalue weighted by molar-refractivity contribution is -0.128. The van der Waals surface area contributed by atoms with Crippen LogP contribution in [0.5, 0.6) is 11.5 Å². The quantitative estimate of drug-likeness (QED) is 0.709. The average Bonchev–Trinajstić information content (AvgIpc) is 2.66. The highest BCUT2D eigenvalue weighted by atomic mass is 16.5. The van der Waals surface area contributed by atoms with Crippen LogP contribution in [0.15, 0.2) is 36.4 Å². The largest absolute Gasteiger partial charge is 0.496 e. The first-order valence-corrected chi connectivity index (χ1v) is 9.58. The van der Waals surface area contributed by atoms with Gasteiger partial charge in [-0.15, -0.1) is 0 Å². The molecule has 27 heavy (non-hydrogen) atoms. The van der Waals surface area contributed by atoms with Gasteiger partial charge in [-0.2, -0.15) is 0 Å². The Morgan fingerprint density at radius 3 is 2.26 bits per heavy atom. The van der Waals surface area contributed by atoms with Crippen LogP contribution in [0.25, 0.3) is 0 Å². The summed E-state index contributed by atoms with van der Waals surface area (Å²) in [7, 11) is 1.66. The van der Waals surface area contributed by atoms with E-state index in [9.17, 15) is 4.79 Å². The summed E-state index contributed by atoms with van der Waals surface area (Å²) in [5.74, 6) is 1.49. The van der Waals surface area contributed by atoms with Crippen molar-refractivity contribution in [1.29, 1.82) is 0 Å². The average molecular weight is 370 g/mol. The number of rotatable bonds is 8. The molecule has 0 heterocycles. The van der Waals surface area contributed by atoms with Gasteiger partial charge in [-0.25, -0.2) is 0 Å². The fraction of sp³-hybridized carbons (Fsp3) is 0.435. The van der Waals surface area contributed by atoms with Gasteiger partial charge < -0.3 is 14.8 Å². The van der Waals surface area contributed by atoms with Crippen LogP contribution < -0.4 is 14.8 Å². The van der Waals surface area contributed by atoms with Crippen LogP contribution in [0.2, 0.25) is 0 Å². The van der Waals surface area contributed by atoms with Gasteiger partial charge in [0.2, 0.25) is 0 Å². The summed E-state index contributed by atoms with van der Waals surface area (Å²) in [5.41, 5.74) is 4.50. The van der Waals surface area contributed by atoms with Crippen LogP contribution >= 0.6 is 0 Å². The number of benzene rings is 2. The van der Waals surface area contributed by atoms with Crippen LogP contribution in [-0.4, -0.2) is 19.1 Å². The standard InChI is InChI=1S/C23H31NO3/c1-7-20(18-10-12-22(26-6)17(5)13-18)24-23(25)21(8-2)27-19-11-9-15(3)16(4)14-19/h9-14,20-21H,7-8H2,1-6H3,(H,24,25)/t20-,21+/m0/s1. The maximum atomic E-state index is 12.8. The molecule has 1 amide bonds. The van der Waals surface area contributed by atoms with E-state index < -0.39 is 6.10 Å². The molecule has 146 valence electrons. The molecule has 1 N–H and O–H groups in total. The Morgan fingerprint density at radius 1 is 0.963 bits per heavy atom. The molecule has 0 radical (unpaired) electrons. The van der Waals surface area contributed by atoms with Crippen molar-refractivity contribution in [2.24, 2.45) is 0 Å². The Morgan fingerprint density at radius 2 is 1.70 bits per heavy atom. The second-order valence-corrected chi connectivity index (χ2v) is 6.96. The number of aryl methyl sites for hydroxylation is 3. The molecule has 2 aromatic carbocycles. The molecule has 2 aromatic rings. The van der Waals surface area contributed by atoms with E-state index in [0.717, 1.165) is 34.6 Å². The van der Waals surface area contributed by atoms with Gasteiger partial charge in [0.1, 0.15) is 11.5 Å². The van der Waals surface area contributed by atoms with Gasteiger partial charge >= 0.3 is 0 Å². The van der Waals surface area contributed by atoms with E-state index in [1.54, 1.807) is 7.11 Å². The van der Waals surface area contributed by atoms with E-state index in [1.807, 2.05) is 51.1 Å². The van der Waals surface area contributed by atoms with Crippen molar-refractivity contribution in [3.8, 4) is 11.5 Å². The third-order valence-corrected chi connectivity index (χ3v) is 4.97. The van der Waals surface area contributed by atoms with Crippen LogP contribution in [0.4, 0.5) is 0 Å². The number of ether oxygens (including phenoxy) is 2. The summed E-state index contributed by atoms with van der Waals surface area (Å²) in [5, 5.41) is 3.14. The molecule has 0 aliphatic carbocycles. The third kappa shape index (κ3) is 5.25. The normalized spacial score (nSPS) is 13.0. The number of hydrogen-bond acceptors (Lipinski definition) is 3. The summed E-state index contributed by atoms with van der Waals surface area (Å²) >= 11 is 0. The minimum Gasteiger partial charge on any atom is -0.496 e. The highest BCUT2D eigenvalue weighted by Gasteiger charge is 2.22. The molecule has 4 nitrogen and oxygen atoms in total. The van der Waals surface area contributed by atoms with Gasteiger partial charge in [-0.05, 0) is 74.1 Å². The van der Waals surface area contributed by atoms with Crippen molar-refractivity contribution >= 4 is 5.91 Å². The molecule has 0 unspecified atom stereocenters. The van der Waals surface area contributed by atoms with E-state index in [0.29, 0.717) is 6.42 Å². The minimum atomic E-state index is -0.513. The molecule has 2 rings (SSSR count). The molecule has 0 spiro atoms. The van der Waals surface area contributed by atoms with Crippen molar-refractivity contribution in [1.82, 2.24) is 5.32 Å². The topological polar surface area (TPSA) is 47.6 Å². The molecular formula is C23H31NO3. The Balaban J connectivity index is 2.11. The second-order valence-electron chi connectivity index (χ2n) is 6.96. The number of carbonyl (C=O) groups excluding carboxylic acids is 1. The van der Waals surface area contributed by atoms with E-state index in [2.05, 4.69) is 25.2 Å². The third-order valence-electron chi connectivity index (χ3n) is 4.97. The molecule has 0 saturated heterocycles. The number of methoxy groups -OCH3 is 1. The lowest BCUT2D eigenvalue weighted by atomic mass is 10.0. The Bertz CT molecular complexity index is 785. The van der Waals surface area contributed by atoms with Crippen molar-refractivity contribution < 1.29 is 14.3 Å². The number of nitrogens with one attached hydrogen (secondary N) is 1. The van der Waals surface area contributed by atoms with E-state index >= 15 is 0 Å². The van der Waals surface area contributed by atoms with Gasteiger partial charge in [0, 0.05) is 0 Å². The van der Waals surface area contributed by atoms with Crippen molar-refractivity contribution in [2.75, 3.05) is 7.11 Å². The molecule has 0 saturated carbocycles. The van der Waals surface area contributed by atoms with Crippen molar-refractivity contribution in [3.63, 3.8) is 0 Å². The summed E-state index contributed by atoms with van der Waals surface area (Å²) < 4.78 is 11.3. The van der Waals surface area contributed by atoms with Gasteiger partial charge in [0.05, 0.1) is 13.2 Å². The van der Waals surface area contributed by atoms with Crippen LogP contribution in [0.3, 0.4) is 0 Å². The summed E-state index contributed by atoms with van der Waals surface area (Å²) in [6.45, 7) is 10.1. The SMILES string of the molecule is CC[C@H](NC(=O)[C@@H](CC)Oc1ccc(C)c(C)c1)c1ccc(OC)c(C)c1. The molecule has 0 aliphatic heterocycles. The zero-order valence-electron chi connectivity index (χ0n) is 17.3. The highest BCUT2D eigenvalue weighted by Crippen LogP contribution is 2.25. The Kier molecular flexibility index (Phi) is 7.28. The second kappa shape index (κ2) is 9.45. The van der Waals surface area contributed by atoms with Crippen LogP contribution in [0, 0.1) is 20.8 Å². The number of amides is 1. The molecule has 0 fully saturated rings. The van der Waals surface area contributed by atoms with E-state index in [1.165, 1.54) is 5.56 Å². The van der Waals surface area contributed by atoms with Gasteiger partial charge in [0.25, 0.3) is 5.91 Å². The zero-order valence-corrected chi connectivity index (χ0v) is 17.3. The number of carbonyl (C=O) groups is 1. The first-order chi connectivity index (χ1) is 12.9. The first kappa shape index (κ1) is 20.8. The van der Waals surface area contributed by atoms with Crippen LogP contribution in [-0.2, 0) is 4.79 Å². The smallest absolute Gasteiger partial charge is 0.261 e. The lowest BCUT2D eigenvalue weighted by Crippen LogP contribution is -2.40. The maximum Gasteiger partial charge on any atom is 0.261 e. The van der Waals surface area contributed by atoms with E-state index in [4.69, 9.17) is 9.47 Å². The Hall–Kier alpha value is -2.49. The van der Waals surface area contributed by atoms with E-state index in [-0.39, 0.29) is 11.9 Å². The minimum absolute atomic E-state index is 0.0560. The fourth-order valence-electron chi connectivity index (χ4n) is 3.08. The molecule has 4 heteroatoms. The Labute approximate surface area is 162 Å². The monoisotopic (exact) mass is 369 g/mol. The predicted octanol–water partition coefficient (Wildman–Crippen LogP) is 5.05. The van der Waals surface area contributed by atoms with Crippen molar-refractivity contribution in [3.05, 3.63) is 58.7 Å². The highest BCUT2D eigenvalue weighted by molar-refractivity contribution is 5.81. The summed E-state index contributed by atoms with van der Waals surface area (Å²) in [6, 6.07) is 11.9. The summed E-state index contributed by atoms with van der Waals surface area (Å²) in [4.78, 5) is 12.8. The summed E-state index contributed by atoms with van der Waals surface area (Å²) in [6.07, 6.45) is 0.898. The molecule has 0 aromatic heterocycles. The first-order valence-electron chi connectivity index (χ1n) is 9.58. The molecule has 0 aliphatic rings. The lowest BCUT2D eigenvalue weighted by Gasteiger charge is -2.23. The van der Waals surface area contributed by atoms with Crippen molar-refractivity contribution in [2.45, 2.75) is 59.6 Å². The zero-order chi connectivity index (χ0) is 20.0.